The molecule has 0 fully saturated rings. The number of H-pyrrole nitrogens is 1. The SMILES string of the molecule is CCOc1ccc(-c2ccc(C(O)NS(=O)(=O)c3ccc[nH]c3=O)c(Oc3c(C)cc(C)cc3C)n2)cc1. The van der Waals surface area contributed by atoms with Crippen molar-refractivity contribution in [2.45, 2.75) is 38.8 Å². The van der Waals surface area contributed by atoms with Crippen LogP contribution in [-0.2, 0) is 10.0 Å². The summed E-state index contributed by atoms with van der Waals surface area (Å²) in [6.45, 7) is 8.21. The Morgan fingerprint density at radius 2 is 1.71 bits per heavy atom. The molecule has 0 aliphatic carbocycles. The Hall–Kier alpha value is -3.99. The van der Waals surface area contributed by atoms with Crippen molar-refractivity contribution >= 4 is 10.0 Å². The van der Waals surface area contributed by atoms with E-state index in [0.717, 1.165) is 34.1 Å². The highest BCUT2D eigenvalue weighted by Gasteiger charge is 2.26. The largest absolute Gasteiger partial charge is 0.494 e. The van der Waals surface area contributed by atoms with Crippen molar-refractivity contribution in [3.63, 3.8) is 0 Å². The molecule has 3 N–H and O–H groups in total. The van der Waals surface area contributed by atoms with Crippen LogP contribution in [0.5, 0.6) is 17.4 Å². The van der Waals surface area contributed by atoms with Crippen molar-refractivity contribution in [1.29, 1.82) is 0 Å². The Morgan fingerprint density at radius 1 is 1.03 bits per heavy atom. The van der Waals surface area contributed by atoms with Crippen LogP contribution in [0.2, 0.25) is 0 Å². The molecule has 0 bridgehead atoms. The second-order valence-corrected chi connectivity index (χ2v) is 10.4. The number of nitrogens with one attached hydrogen (secondary N) is 2. The lowest BCUT2D eigenvalue weighted by Crippen LogP contribution is -2.32. The monoisotopic (exact) mass is 535 g/mol. The summed E-state index contributed by atoms with van der Waals surface area (Å²) in [4.78, 5) is 18.5. The van der Waals surface area contributed by atoms with Gasteiger partial charge in [-0.3, -0.25) is 4.79 Å². The lowest BCUT2D eigenvalue weighted by Gasteiger charge is -2.19. The van der Waals surface area contributed by atoms with E-state index in [4.69, 9.17) is 9.47 Å². The van der Waals surface area contributed by atoms with Gasteiger partial charge < -0.3 is 19.6 Å². The summed E-state index contributed by atoms with van der Waals surface area (Å²) in [5.41, 5.74) is 3.36. The smallest absolute Gasteiger partial charge is 0.268 e. The second-order valence-electron chi connectivity index (χ2n) is 8.77. The molecule has 2 heterocycles. The zero-order chi connectivity index (χ0) is 27.4. The summed E-state index contributed by atoms with van der Waals surface area (Å²) >= 11 is 0. The van der Waals surface area contributed by atoms with Crippen LogP contribution < -0.4 is 19.8 Å². The number of aromatic amines is 1. The maximum Gasteiger partial charge on any atom is 0.268 e. The van der Waals surface area contributed by atoms with Gasteiger partial charge in [0.2, 0.25) is 15.9 Å². The van der Waals surface area contributed by atoms with Gasteiger partial charge in [-0.2, -0.15) is 4.72 Å². The first-order chi connectivity index (χ1) is 18.1. The van der Waals surface area contributed by atoms with Crippen molar-refractivity contribution in [1.82, 2.24) is 14.7 Å². The molecule has 1 atom stereocenters. The molecule has 0 aliphatic heterocycles. The summed E-state index contributed by atoms with van der Waals surface area (Å²) in [7, 11) is -4.36. The fourth-order valence-corrected chi connectivity index (χ4v) is 5.22. The number of hydrogen-bond donors (Lipinski definition) is 3. The highest BCUT2D eigenvalue weighted by Crippen LogP contribution is 2.34. The van der Waals surface area contributed by atoms with Crippen molar-refractivity contribution in [2.24, 2.45) is 0 Å². The van der Waals surface area contributed by atoms with Gasteiger partial charge in [-0.05, 0) is 87.4 Å². The predicted molar refractivity (Wildman–Crippen MR) is 144 cm³/mol. The van der Waals surface area contributed by atoms with E-state index < -0.39 is 26.7 Å². The summed E-state index contributed by atoms with van der Waals surface area (Å²) in [5, 5.41) is 11.0. The molecule has 198 valence electrons. The van der Waals surface area contributed by atoms with Crippen molar-refractivity contribution < 1.29 is 23.0 Å². The van der Waals surface area contributed by atoms with Gasteiger partial charge in [0.05, 0.1) is 17.9 Å². The summed E-state index contributed by atoms with van der Waals surface area (Å²) in [6.07, 6.45) is -0.429. The number of aliphatic hydroxyl groups excluding tert-OH is 1. The highest BCUT2D eigenvalue weighted by molar-refractivity contribution is 7.89. The third kappa shape index (κ3) is 5.94. The lowest BCUT2D eigenvalue weighted by atomic mass is 10.1. The summed E-state index contributed by atoms with van der Waals surface area (Å²) < 4.78 is 39.6. The van der Waals surface area contributed by atoms with Crippen LogP contribution in [-0.4, -0.2) is 30.1 Å². The molecule has 2 aromatic heterocycles. The van der Waals surface area contributed by atoms with Gasteiger partial charge in [-0.1, -0.05) is 17.7 Å². The number of aromatic nitrogens is 2. The second kappa shape index (κ2) is 11.2. The zero-order valence-corrected chi connectivity index (χ0v) is 22.3. The van der Waals surface area contributed by atoms with Crippen LogP contribution in [0.4, 0.5) is 0 Å². The number of benzene rings is 2. The molecule has 2 aromatic carbocycles. The molecule has 0 spiro atoms. The first-order valence-corrected chi connectivity index (χ1v) is 13.5. The molecule has 10 heteroatoms. The number of nitrogens with zero attached hydrogens (tertiary/aromatic N) is 1. The van der Waals surface area contributed by atoms with Crippen molar-refractivity contribution in [3.8, 4) is 28.6 Å². The van der Waals surface area contributed by atoms with E-state index in [9.17, 15) is 18.3 Å². The average Bonchev–Trinajstić information content (AvgIpc) is 2.86. The first kappa shape index (κ1) is 27.1. The van der Waals surface area contributed by atoms with Gasteiger partial charge in [0.1, 0.15) is 22.6 Å². The molecule has 0 saturated heterocycles. The van der Waals surface area contributed by atoms with Crippen LogP contribution in [0, 0.1) is 20.8 Å². The van der Waals surface area contributed by atoms with Gasteiger partial charge >= 0.3 is 0 Å². The molecule has 0 radical (unpaired) electrons. The topological polar surface area (TPSA) is 131 Å². The lowest BCUT2D eigenvalue weighted by molar-refractivity contribution is 0.162. The van der Waals surface area contributed by atoms with Crippen molar-refractivity contribution in [2.75, 3.05) is 6.61 Å². The molecule has 0 saturated carbocycles. The molecule has 4 rings (SSSR count). The van der Waals surface area contributed by atoms with E-state index in [1.807, 2.05) is 64.1 Å². The number of rotatable bonds is 9. The standard InChI is InChI=1S/C28H29N3O6S/c1-5-36-21-10-8-20(9-11-21)23-13-12-22(26(32)31-38(34,35)24-7-6-14-29-27(24)33)28(30-23)37-25-18(3)15-17(2)16-19(25)4/h6-16,26,31-32H,5H2,1-4H3,(H,29,33). The Balaban J connectivity index is 1.76. The number of ether oxygens (including phenoxy) is 2. The Labute approximate surface area is 221 Å². The fraction of sp³-hybridized carbons (Fsp3) is 0.214. The number of pyridine rings is 2. The van der Waals surface area contributed by atoms with E-state index in [2.05, 4.69) is 14.7 Å². The first-order valence-electron chi connectivity index (χ1n) is 12.0. The van der Waals surface area contributed by atoms with Gasteiger partial charge in [-0.25, -0.2) is 13.4 Å². The fourth-order valence-electron chi connectivity index (χ4n) is 4.11. The van der Waals surface area contributed by atoms with Crippen LogP contribution in [0.25, 0.3) is 11.3 Å². The Morgan fingerprint density at radius 3 is 2.34 bits per heavy atom. The number of hydrogen-bond acceptors (Lipinski definition) is 7. The molecular weight excluding hydrogens is 506 g/mol. The summed E-state index contributed by atoms with van der Waals surface area (Å²) in [6, 6.07) is 17.0. The van der Waals surface area contributed by atoms with Crippen LogP contribution in [0.3, 0.4) is 0 Å². The zero-order valence-electron chi connectivity index (χ0n) is 21.5. The molecule has 38 heavy (non-hydrogen) atoms. The maximum atomic E-state index is 12.9. The molecule has 1 unspecified atom stereocenters. The minimum absolute atomic E-state index is 0.0172. The van der Waals surface area contributed by atoms with Crippen LogP contribution in [0.15, 0.2) is 76.6 Å². The van der Waals surface area contributed by atoms with E-state index >= 15 is 0 Å². The van der Waals surface area contributed by atoms with Crippen molar-refractivity contribution in [3.05, 3.63) is 99.5 Å². The predicted octanol–water partition coefficient (Wildman–Crippen LogP) is 4.52. The van der Waals surface area contributed by atoms with E-state index in [1.165, 1.54) is 18.3 Å². The number of sulfonamides is 1. The number of aryl methyl sites for hydroxylation is 3. The number of aliphatic hydroxyl groups is 1. The van der Waals surface area contributed by atoms with Gasteiger partial charge in [0.25, 0.3) is 5.56 Å². The summed E-state index contributed by atoms with van der Waals surface area (Å²) in [5.74, 6) is 1.28. The normalized spacial score (nSPS) is 12.2. The molecule has 4 aromatic rings. The minimum atomic E-state index is -4.36. The van der Waals surface area contributed by atoms with Gasteiger partial charge in [0.15, 0.2) is 0 Å². The van der Waals surface area contributed by atoms with Gasteiger partial charge in [-0.15, -0.1) is 0 Å². The quantitative estimate of drug-likeness (QED) is 0.269. The molecule has 0 aliphatic rings. The molecular formula is C28H29N3O6S. The van der Waals surface area contributed by atoms with E-state index in [0.29, 0.717) is 18.1 Å². The van der Waals surface area contributed by atoms with Gasteiger partial charge in [0, 0.05) is 11.8 Å². The van der Waals surface area contributed by atoms with Crippen LogP contribution >= 0.6 is 0 Å². The average molecular weight is 536 g/mol. The molecule has 0 amide bonds. The third-order valence-electron chi connectivity index (χ3n) is 5.79. The Bertz CT molecular complexity index is 1590. The maximum absolute atomic E-state index is 12.9. The third-order valence-corrected chi connectivity index (χ3v) is 7.22. The highest BCUT2D eigenvalue weighted by atomic mass is 32.2. The Kier molecular flexibility index (Phi) is 7.96. The minimum Gasteiger partial charge on any atom is -0.494 e. The molecule has 9 nitrogen and oxygen atoms in total. The van der Waals surface area contributed by atoms with E-state index in [-0.39, 0.29) is 11.4 Å². The van der Waals surface area contributed by atoms with E-state index in [1.54, 1.807) is 6.07 Å². The van der Waals surface area contributed by atoms with Crippen LogP contribution in [0.1, 0.15) is 35.4 Å².